The Hall–Kier alpha value is -1.65. The molecule has 0 radical (unpaired) electrons. The van der Waals surface area contributed by atoms with Gasteiger partial charge in [-0.15, -0.1) is 11.3 Å². The summed E-state index contributed by atoms with van der Waals surface area (Å²) in [6.45, 7) is 2.05. The molecular formula is C15H17NO2S. The first-order valence-corrected chi connectivity index (χ1v) is 7.02. The summed E-state index contributed by atoms with van der Waals surface area (Å²) < 4.78 is 4.89. The van der Waals surface area contributed by atoms with E-state index in [4.69, 9.17) is 4.74 Å². The molecule has 0 aliphatic rings. The van der Waals surface area contributed by atoms with Gasteiger partial charge in [0.1, 0.15) is 6.04 Å². The molecule has 1 aromatic carbocycles. The molecule has 3 nitrogen and oxygen atoms in total. The van der Waals surface area contributed by atoms with Gasteiger partial charge in [-0.25, -0.2) is 4.79 Å². The van der Waals surface area contributed by atoms with Crippen LogP contribution in [0.1, 0.15) is 29.4 Å². The molecule has 2 aromatic rings. The van der Waals surface area contributed by atoms with Gasteiger partial charge in [0, 0.05) is 10.9 Å². The summed E-state index contributed by atoms with van der Waals surface area (Å²) in [5.74, 6) is -0.269. The van der Waals surface area contributed by atoms with E-state index in [2.05, 4.69) is 11.4 Å². The molecule has 0 fully saturated rings. The zero-order chi connectivity index (χ0) is 13.7. The third-order valence-electron chi connectivity index (χ3n) is 2.96. The van der Waals surface area contributed by atoms with Gasteiger partial charge in [0.05, 0.1) is 7.11 Å². The molecule has 0 bridgehead atoms. The third-order valence-corrected chi connectivity index (χ3v) is 4.01. The average molecular weight is 275 g/mol. The van der Waals surface area contributed by atoms with Gasteiger partial charge >= 0.3 is 5.97 Å². The molecule has 0 spiro atoms. The second kappa shape index (κ2) is 6.50. The summed E-state index contributed by atoms with van der Waals surface area (Å²) in [6.07, 6.45) is 0. The summed E-state index contributed by atoms with van der Waals surface area (Å²) in [4.78, 5) is 13.1. The van der Waals surface area contributed by atoms with Crippen molar-refractivity contribution in [3.05, 3.63) is 58.3 Å². The van der Waals surface area contributed by atoms with Gasteiger partial charge in [0.15, 0.2) is 0 Å². The van der Waals surface area contributed by atoms with E-state index in [1.54, 1.807) is 11.3 Å². The van der Waals surface area contributed by atoms with Crippen molar-refractivity contribution in [3.8, 4) is 0 Å². The molecule has 0 aliphatic heterocycles. The molecule has 1 aromatic heterocycles. The standard InChI is InChI=1S/C15H17NO2S/c1-11(13-9-6-10-19-13)16-14(15(17)18-2)12-7-4-3-5-8-12/h3-11,14,16H,1-2H3/t11-,14-/m1/s1. The Morgan fingerprint density at radius 3 is 2.53 bits per heavy atom. The SMILES string of the molecule is COC(=O)[C@H](N[C@H](C)c1cccs1)c1ccccc1. The number of hydrogen-bond acceptors (Lipinski definition) is 4. The van der Waals surface area contributed by atoms with Crippen LogP contribution in [0.4, 0.5) is 0 Å². The minimum absolute atomic E-state index is 0.101. The molecule has 1 heterocycles. The van der Waals surface area contributed by atoms with Crippen LogP contribution in [0, 0.1) is 0 Å². The van der Waals surface area contributed by atoms with Gasteiger partial charge in [-0.2, -0.15) is 0 Å². The smallest absolute Gasteiger partial charge is 0.327 e. The molecule has 0 saturated carbocycles. The van der Waals surface area contributed by atoms with Crippen LogP contribution in [0.15, 0.2) is 47.8 Å². The van der Waals surface area contributed by atoms with Crippen LogP contribution < -0.4 is 5.32 Å². The van der Waals surface area contributed by atoms with Crippen LogP contribution in [0.5, 0.6) is 0 Å². The van der Waals surface area contributed by atoms with E-state index >= 15 is 0 Å². The van der Waals surface area contributed by atoms with Gasteiger partial charge < -0.3 is 4.74 Å². The number of benzene rings is 1. The lowest BCUT2D eigenvalue weighted by Gasteiger charge is -2.21. The summed E-state index contributed by atoms with van der Waals surface area (Å²) in [6, 6.07) is 13.3. The Morgan fingerprint density at radius 2 is 1.95 bits per heavy atom. The zero-order valence-corrected chi connectivity index (χ0v) is 11.8. The Labute approximate surface area is 117 Å². The van der Waals surface area contributed by atoms with Crippen LogP contribution in [0.2, 0.25) is 0 Å². The van der Waals surface area contributed by atoms with Gasteiger partial charge in [-0.05, 0) is 23.9 Å². The van der Waals surface area contributed by atoms with E-state index in [0.717, 1.165) is 5.56 Å². The van der Waals surface area contributed by atoms with Gasteiger partial charge in [0.25, 0.3) is 0 Å². The molecule has 4 heteroatoms. The van der Waals surface area contributed by atoms with Crippen molar-refractivity contribution >= 4 is 17.3 Å². The van der Waals surface area contributed by atoms with E-state index in [9.17, 15) is 4.79 Å². The number of nitrogens with one attached hydrogen (secondary N) is 1. The number of ether oxygens (including phenoxy) is 1. The monoisotopic (exact) mass is 275 g/mol. The highest BCUT2D eigenvalue weighted by Gasteiger charge is 2.23. The van der Waals surface area contributed by atoms with Crippen molar-refractivity contribution in [1.29, 1.82) is 0 Å². The Balaban J connectivity index is 2.17. The summed E-state index contributed by atoms with van der Waals surface area (Å²) in [5, 5.41) is 5.35. The van der Waals surface area contributed by atoms with E-state index in [0.29, 0.717) is 0 Å². The summed E-state index contributed by atoms with van der Waals surface area (Å²) >= 11 is 1.67. The lowest BCUT2D eigenvalue weighted by molar-refractivity contribution is -0.143. The van der Waals surface area contributed by atoms with Crippen LogP contribution >= 0.6 is 11.3 Å². The number of hydrogen-bond donors (Lipinski definition) is 1. The summed E-state index contributed by atoms with van der Waals surface area (Å²) in [5.41, 5.74) is 0.915. The van der Waals surface area contributed by atoms with Crippen LogP contribution in [0.25, 0.3) is 0 Å². The molecular weight excluding hydrogens is 258 g/mol. The Bertz CT molecular complexity index is 510. The van der Waals surface area contributed by atoms with Crippen LogP contribution in [-0.2, 0) is 9.53 Å². The highest BCUT2D eigenvalue weighted by atomic mass is 32.1. The van der Waals surface area contributed by atoms with Crippen molar-refractivity contribution in [2.45, 2.75) is 19.0 Å². The van der Waals surface area contributed by atoms with Gasteiger partial charge in [-0.3, -0.25) is 5.32 Å². The van der Waals surface area contributed by atoms with Crippen LogP contribution in [-0.4, -0.2) is 13.1 Å². The van der Waals surface area contributed by atoms with Crippen molar-refractivity contribution in [1.82, 2.24) is 5.32 Å². The second-order valence-corrected chi connectivity index (χ2v) is 5.25. The maximum atomic E-state index is 11.9. The zero-order valence-electron chi connectivity index (χ0n) is 11.0. The second-order valence-electron chi connectivity index (χ2n) is 4.27. The fourth-order valence-electron chi connectivity index (χ4n) is 1.93. The molecule has 2 atom stereocenters. The first-order valence-electron chi connectivity index (χ1n) is 6.14. The van der Waals surface area contributed by atoms with E-state index in [1.165, 1.54) is 12.0 Å². The maximum Gasteiger partial charge on any atom is 0.327 e. The molecule has 100 valence electrons. The number of carbonyl (C=O) groups excluding carboxylic acids is 1. The first kappa shape index (κ1) is 13.8. The molecule has 2 rings (SSSR count). The third kappa shape index (κ3) is 3.43. The van der Waals surface area contributed by atoms with E-state index in [-0.39, 0.29) is 12.0 Å². The van der Waals surface area contributed by atoms with Crippen molar-refractivity contribution in [2.24, 2.45) is 0 Å². The van der Waals surface area contributed by atoms with Crippen molar-refractivity contribution in [2.75, 3.05) is 7.11 Å². The first-order chi connectivity index (χ1) is 9.22. The van der Waals surface area contributed by atoms with Crippen LogP contribution in [0.3, 0.4) is 0 Å². The molecule has 1 N–H and O–H groups in total. The summed E-state index contributed by atoms with van der Waals surface area (Å²) in [7, 11) is 1.41. The fraction of sp³-hybridized carbons (Fsp3) is 0.267. The van der Waals surface area contributed by atoms with Crippen molar-refractivity contribution < 1.29 is 9.53 Å². The van der Waals surface area contributed by atoms with Crippen molar-refractivity contribution in [3.63, 3.8) is 0 Å². The molecule has 0 unspecified atom stereocenters. The lowest BCUT2D eigenvalue weighted by atomic mass is 10.1. The number of esters is 1. The van der Waals surface area contributed by atoms with Gasteiger partial charge in [0.2, 0.25) is 0 Å². The highest BCUT2D eigenvalue weighted by Crippen LogP contribution is 2.23. The predicted octanol–water partition coefficient (Wildman–Crippen LogP) is 3.31. The topological polar surface area (TPSA) is 38.3 Å². The fourth-order valence-corrected chi connectivity index (χ4v) is 2.68. The largest absolute Gasteiger partial charge is 0.468 e. The quantitative estimate of drug-likeness (QED) is 0.851. The molecule has 0 saturated heterocycles. The number of thiophene rings is 1. The molecule has 0 amide bonds. The lowest BCUT2D eigenvalue weighted by Crippen LogP contribution is -2.31. The normalized spacial score (nSPS) is 13.8. The highest BCUT2D eigenvalue weighted by molar-refractivity contribution is 7.10. The number of rotatable bonds is 5. The minimum Gasteiger partial charge on any atom is -0.468 e. The predicted molar refractivity (Wildman–Crippen MR) is 77.1 cm³/mol. The minimum atomic E-state index is -0.441. The van der Waals surface area contributed by atoms with Gasteiger partial charge in [-0.1, -0.05) is 36.4 Å². The average Bonchev–Trinajstić information content (AvgIpc) is 2.99. The van der Waals surface area contributed by atoms with E-state index in [1.807, 2.05) is 48.7 Å². The number of carbonyl (C=O) groups is 1. The molecule has 0 aliphatic carbocycles. The number of methoxy groups -OCH3 is 1. The maximum absolute atomic E-state index is 11.9. The Kier molecular flexibility index (Phi) is 4.71. The van der Waals surface area contributed by atoms with E-state index < -0.39 is 6.04 Å². The molecule has 19 heavy (non-hydrogen) atoms. The Morgan fingerprint density at radius 1 is 1.21 bits per heavy atom.